The van der Waals surface area contributed by atoms with Gasteiger partial charge in [-0.2, -0.15) is 5.10 Å². The van der Waals surface area contributed by atoms with Crippen LogP contribution in [-0.2, 0) is 6.42 Å². The lowest BCUT2D eigenvalue weighted by Crippen LogP contribution is -2.17. The maximum atomic E-state index is 13.3. The minimum Gasteiger partial charge on any atom is -0.388 e. The van der Waals surface area contributed by atoms with Gasteiger partial charge in [0.1, 0.15) is 5.82 Å². The Morgan fingerprint density at radius 3 is 2.81 bits per heavy atom. The molecule has 0 bridgehead atoms. The van der Waals surface area contributed by atoms with E-state index in [0.717, 1.165) is 46.8 Å². The van der Waals surface area contributed by atoms with Gasteiger partial charge >= 0.3 is 0 Å². The standard InChI is InChI=1S/C26H21FN2OS/c27-18-8-10-19(11-9-18)29-24-13-16-4-3-6-21(22(16)12-17(24)14-28-29)26(30)23-15-31-25-7-2-1-5-20(23)25/h1-2,5,7-15,21,26,30H,3-4,6H2. The molecule has 1 aliphatic rings. The lowest BCUT2D eigenvalue weighted by Gasteiger charge is -2.30. The molecule has 0 saturated heterocycles. The van der Waals surface area contributed by atoms with Gasteiger partial charge in [0.25, 0.3) is 0 Å². The van der Waals surface area contributed by atoms with Crippen molar-refractivity contribution in [3.8, 4) is 5.69 Å². The van der Waals surface area contributed by atoms with E-state index in [1.54, 1.807) is 23.5 Å². The molecule has 0 fully saturated rings. The summed E-state index contributed by atoms with van der Waals surface area (Å²) in [6.07, 6.45) is 4.34. The average molecular weight is 429 g/mol. The van der Waals surface area contributed by atoms with Crippen LogP contribution < -0.4 is 0 Å². The average Bonchev–Trinajstić information content (AvgIpc) is 3.41. The Balaban J connectivity index is 1.43. The number of thiophene rings is 1. The molecular formula is C26H21FN2OS. The first kappa shape index (κ1) is 18.7. The van der Waals surface area contributed by atoms with Crippen LogP contribution in [-0.4, -0.2) is 14.9 Å². The molecule has 0 saturated carbocycles. The second-order valence-electron chi connectivity index (χ2n) is 8.27. The number of aliphatic hydroxyl groups is 1. The summed E-state index contributed by atoms with van der Waals surface area (Å²) in [6.45, 7) is 0. The maximum absolute atomic E-state index is 13.3. The van der Waals surface area contributed by atoms with E-state index in [1.165, 1.54) is 28.0 Å². The summed E-state index contributed by atoms with van der Waals surface area (Å²) in [5.41, 5.74) is 5.38. The first-order valence-corrected chi connectivity index (χ1v) is 11.5. The van der Waals surface area contributed by atoms with Gasteiger partial charge in [-0.15, -0.1) is 11.3 Å². The Labute approximate surface area is 183 Å². The zero-order valence-corrected chi connectivity index (χ0v) is 17.6. The van der Waals surface area contributed by atoms with Crippen molar-refractivity contribution in [3.05, 3.63) is 94.7 Å². The number of aromatic nitrogens is 2. The van der Waals surface area contributed by atoms with Crippen LogP contribution in [0.25, 0.3) is 26.7 Å². The van der Waals surface area contributed by atoms with Gasteiger partial charge in [-0.05, 0) is 89.2 Å². The number of halogens is 1. The molecule has 154 valence electrons. The van der Waals surface area contributed by atoms with E-state index in [4.69, 9.17) is 0 Å². The number of hydrogen-bond acceptors (Lipinski definition) is 3. The lowest BCUT2D eigenvalue weighted by atomic mass is 9.77. The highest BCUT2D eigenvalue weighted by Crippen LogP contribution is 2.44. The van der Waals surface area contributed by atoms with Crippen molar-refractivity contribution in [3.63, 3.8) is 0 Å². The van der Waals surface area contributed by atoms with Crippen molar-refractivity contribution >= 4 is 32.3 Å². The number of benzene rings is 3. The van der Waals surface area contributed by atoms with Crippen molar-refractivity contribution < 1.29 is 9.50 Å². The molecule has 31 heavy (non-hydrogen) atoms. The van der Waals surface area contributed by atoms with Crippen molar-refractivity contribution in [1.82, 2.24) is 9.78 Å². The second kappa shape index (κ2) is 7.29. The molecular weight excluding hydrogens is 407 g/mol. The van der Waals surface area contributed by atoms with Crippen molar-refractivity contribution in [1.29, 1.82) is 0 Å². The van der Waals surface area contributed by atoms with Gasteiger partial charge in [-0.25, -0.2) is 9.07 Å². The van der Waals surface area contributed by atoms with Gasteiger partial charge < -0.3 is 5.11 Å². The zero-order valence-electron chi connectivity index (χ0n) is 16.8. The predicted octanol–water partition coefficient (Wildman–Crippen LogP) is 6.53. The summed E-state index contributed by atoms with van der Waals surface area (Å²) in [6, 6.07) is 19.1. The van der Waals surface area contributed by atoms with Crippen LogP contribution in [0.1, 0.15) is 41.6 Å². The van der Waals surface area contributed by atoms with E-state index < -0.39 is 6.10 Å². The summed E-state index contributed by atoms with van der Waals surface area (Å²) in [5.74, 6) is -0.185. The summed E-state index contributed by atoms with van der Waals surface area (Å²) in [5, 5.41) is 20.3. The molecule has 2 aromatic heterocycles. The minimum atomic E-state index is -0.528. The van der Waals surface area contributed by atoms with E-state index in [-0.39, 0.29) is 11.7 Å². The topological polar surface area (TPSA) is 38.1 Å². The number of nitrogens with zero attached hydrogens (tertiary/aromatic N) is 2. The van der Waals surface area contributed by atoms with Crippen LogP contribution in [0.4, 0.5) is 4.39 Å². The number of hydrogen-bond donors (Lipinski definition) is 1. The zero-order chi connectivity index (χ0) is 20.9. The number of rotatable bonds is 3. The summed E-state index contributed by atoms with van der Waals surface area (Å²) in [4.78, 5) is 0. The third-order valence-corrected chi connectivity index (χ3v) is 7.45. The minimum absolute atomic E-state index is 0.0697. The number of fused-ring (bicyclic) bond motifs is 3. The fourth-order valence-electron chi connectivity index (χ4n) is 4.92. The van der Waals surface area contributed by atoms with E-state index in [0.29, 0.717) is 0 Å². The summed E-state index contributed by atoms with van der Waals surface area (Å²) in [7, 11) is 0. The Hall–Kier alpha value is -3.02. The van der Waals surface area contributed by atoms with Crippen LogP contribution in [0.15, 0.2) is 72.2 Å². The Bertz CT molecular complexity index is 1400. The third kappa shape index (κ3) is 3.08. The molecule has 0 radical (unpaired) electrons. The molecule has 5 aromatic rings. The third-order valence-electron chi connectivity index (χ3n) is 6.47. The second-order valence-corrected chi connectivity index (χ2v) is 9.18. The molecule has 1 N–H and O–H groups in total. The number of aryl methyl sites for hydroxylation is 1. The lowest BCUT2D eigenvalue weighted by molar-refractivity contribution is 0.138. The fourth-order valence-corrected chi connectivity index (χ4v) is 5.91. The molecule has 3 nitrogen and oxygen atoms in total. The van der Waals surface area contributed by atoms with Gasteiger partial charge in [0.15, 0.2) is 0 Å². The van der Waals surface area contributed by atoms with Gasteiger partial charge in [-0.1, -0.05) is 18.2 Å². The first-order chi connectivity index (χ1) is 15.2. The Morgan fingerprint density at radius 2 is 1.94 bits per heavy atom. The smallest absolute Gasteiger partial charge is 0.123 e. The molecule has 0 amide bonds. The van der Waals surface area contributed by atoms with Crippen molar-refractivity contribution in [2.45, 2.75) is 31.3 Å². The molecule has 2 unspecified atom stereocenters. The van der Waals surface area contributed by atoms with Crippen LogP contribution in [0.3, 0.4) is 0 Å². The van der Waals surface area contributed by atoms with Crippen molar-refractivity contribution in [2.75, 3.05) is 0 Å². The SMILES string of the molecule is OC(c1csc2ccccc12)C1CCCc2cc3c(cnn3-c3ccc(F)cc3)cc21. The largest absolute Gasteiger partial charge is 0.388 e. The summed E-state index contributed by atoms with van der Waals surface area (Å²) >= 11 is 1.69. The van der Waals surface area contributed by atoms with Gasteiger partial charge in [-0.3, -0.25) is 0 Å². The number of aliphatic hydroxyl groups excluding tert-OH is 1. The molecule has 1 aliphatic carbocycles. The molecule has 6 rings (SSSR count). The molecule has 2 heterocycles. The molecule has 0 spiro atoms. The van der Waals surface area contributed by atoms with Gasteiger partial charge in [0, 0.05) is 16.0 Å². The highest BCUT2D eigenvalue weighted by Gasteiger charge is 2.30. The molecule has 5 heteroatoms. The highest BCUT2D eigenvalue weighted by atomic mass is 32.1. The van der Waals surface area contributed by atoms with Crippen LogP contribution >= 0.6 is 11.3 Å². The monoisotopic (exact) mass is 428 g/mol. The van der Waals surface area contributed by atoms with Crippen LogP contribution in [0, 0.1) is 5.82 Å². The normalized spacial score (nSPS) is 17.2. The van der Waals surface area contributed by atoms with E-state index in [2.05, 4.69) is 34.7 Å². The van der Waals surface area contributed by atoms with E-state index in [9.17, 15) is 9.50 Å². The van der Waals surface area contributed by atoms with Gasteiger partial charge in [0.05, 0.1) is 23.5 Å². The molecule has 0 aliphatic heterocycles. The van der Waals surface area contributed by atoms with Crippen LogP contribution in [0.5, 0.6) is 0 Å². The maximum Gasteiger partial charge on any atom is 0.123 e. The first-order valence-electron chi connectivity index (χ1n) is 10.6. The highest BCUT2D eigenvalue weighted by molar-refractivity contribution is 7.17. The van der Waals surface area contributed by atoms with E-state index >= 15 is 0 Å². The Morgan fingerprint density at radius 1 is 1.10 bits per heavy atom. The van der Waals surface area contributed by atoms with Gasteiger partial charge in [0.2, 0.25) is 0 Å². The fraction of sp³-hybridized carbons (Fsp3) is 0.192. The predicted molar refractivity (Wildman–Crippen MR) is 123 cm³/mol. The Kier molecular flexibility index (Phi) is 4.40. The summed E-state index contributed by atoms with van der Waals surface area (Å²) < 4.78 is 16.4. The van der Waals surface area contributed by atoms with Crippen LogP contribution in [0.2, 0.25) is 0 Å². The van der Waals surface area contributed by atoms with Crippen molar-refractivity contribution in [2.24, 2.45) is 0 Å². The molecule has 3 aromatic carbocycles. The van der Waals surface area contributed by atoms with E-state index in [1.807, 2.05) is 23.0 Å². The quantitative estimate of drug-likeness (QED) is 0.355. The molecule has 2 atom stereocenters.